The second-order valence-electron chi connectivity index (χ2n) is 6.60. The number of amides is 1. The number of piperazine rings is 1. The van der Waals surface area contributed by atoms with Crippen LogP contribution >= 0.6 is 11.6 Å². The van der Waals surface area contributed by atoms with Crippen molar-refractivity contribution in [2.24, 2.45) is 0 Å². The molecule has 0 aliphatic carbocycles. The predicted octanol–water partition coefficient (Wildman–Crippen LogP) is 4.16. The van der Waals surface area contributed by atoms with E-state index in [0.29, 0.717) is 43.3 Å². The molecule has 1 aromatic carbocycles. The van der Waals surface area contributed by atoms with E-state index in [2.05, 4.69) is 4.98 Å². The van der Waals surface area contributed by atoms with Crippen LogP contribution in [0, 0.1) is 12.7 Å². The average molecular weight is 416 g/mol. The molecule has 1 fully saturated rings. The summed E-state index contributed by atoms with van der Waals surface area (Å²) in [6, 6.07) is 6.50. The lowest BCUT2D eigenvalue weighted by atomic mass is 10.1. The molecule has 0 saturated carbocycles. The molecule has 1 saturated heterocycles. The van der Waals surface area contributed by atoms with Crippen molar-refractivity contribution in [3.05, 3.63) is 63.7 Å². The molecule has 1 aromatic heterocycles. The van der Waals surface area contributed by atoms with E-state index in [-0.39, 0.29) is 23.0 Å². The zero-order chi connectivity index (χ0) is 20.5. The normalized spacial score (nSPS) is 15.7. The predicted molar refractivity (Wildman–Crippen MR) is 96.6 cm³/mol. The number of carbonyl (C=O) groups excluding carboxylic acids is 1. The van der Waals surface area contributed by atoms with Crippen molar-refractivity contribution in [2.45, 2.75) is 19.6 Å². The topological polar surface area (TPSA) is 36.4 Å². The number of alkyl halides is 3. The van der Waals surface area contributed by atoms with Gasteiger partial charge in [0.1, 0.15) is 11.5 Å². The van der Waals surface area contributed by atoms with Gasteiger partial charge in [0.25, 0.3) is 5.91 Å². The highest BCUT2D eigenvalue weighted by molar-refractivity contribution is 6.31. The molecule has 4 nitrogen and oxygen atoms in total. The highest BCUT2D eigenvalue weighted by atomic mass is 35.5. The monoisotopic (exact) mass is 415 g/mol. The third-order valence-corrected chi connectivity index (χ3v) is 5.06. The Morgan fingerprint density at radius 1 is 1.14 bits per heavy atom. The molecule has 0 bridgehead atoms. The van der Waals surface area contributed by atoms with Gasteiger partial charge in [-0.15, -0.1) is 0 Å². The van der Waals surface area contributed by atoms with E-state index in [1.807, 2.05) is 4.90 Å². The summed E-state index contributed by atoms with van der Waals surface area (Å²) in [7, 11) is 0. The first-order valence-electron chi connectivity index (χ1n) is 8.66. The summed E-state index contributed by atoms with van der Waals surface area (Å²) in [5, 5.41) is 0.352. The van der Waals surface area contributed by atoms with Crippen LogP contribution in [-0.4, -0.2) is 46.9 Å². The van der Waals surface area contributed by atoms with Gasteiger partial charge in [0.2, 0.25) is 0 Å². The van der Waals surface area contributed by atoms with E-state index >= 15 is 0 Å². The number of benzene rings is 1. The van der Waals surface area contributed by atoms with E-state index in [1.54, 1.807) is 11.0 Å². The first-order valence-corrected chi connectivity index (χ1v) is 9.04. The maximum absolute atomic E-state index is 13.9. The Labute approximate surface area is 164 Å². The quantitative estimate of drug-likeness (QED) is 0.706. The highest BCUT2D eigenvalue weighted by Gasteiger charge is 2.33. The van der Waals surface area contributed by atoms with E-state index in [9.17, 15) is 22.4 Å². The zero-order valence-electron chi connectivity index (χ0n) is 15.1. The van der Waals surface area contributed by atoms with Crippen molar-refractivity contribution in [3.63, 3.8) is 0 Å². The van der Waals surface area contributed by atoms with Crippen LogP contribution in [0.2, 0.25) is 5.02 Å². The van der Waals surface area contributed by atoms with Crippen LogP contribution in [0.4, 0.5) is 17.6 Å². The van der Waals surface area contributed by atoms with Crippen LogP contribution in [0.1, 0.15) is 27.3 Å². The van der Waals surface area contributed by atoms with Crippen LogP contribution in [0.3, 0.4) is 0 Å². The highest BCUT2D eigenvalue weighted by Crippen LogP contribution is 2.28. The third kappa shape index (κ3) is 4.44. The van der Waals surface area contributed by atoms with Gasteiger partial charge in [0.15, 0.2) is 0 Å². The largest absolute Gasteiger partial charge is 0.433 e. The summed E-state index contributed by atoms with van der Waals surface area (Å²) in [5.41, 5.74) is -0.418. The Morgan fingerprint density at radius 3 is 2.39 bits per heavy atom. The number of pyridine rings is 1. The average Bonchev–Trinajstić information content (AvgIpc) is 2.64. The fraction of sp³-hybridized carbons (Fsp3) is 0.368. The summed E-state index contributed by atoms with van der Waals surface area (Å²) in [5.74, 6) is -0.736. The Balaban J connectivity index is 1.64. The van der Waals surface area contributed by atoms with Crippen molar-refractivity contribution < 1.29 is 22.4 Å². The lowest BCUT2D eigenvalue weighted by Gasteiger charge is -2.35. The summed E-state index contributed by atoms with van der Waals surface area (Å²) in [4.78, 5) is 19.7. The molecule has 1 amide bonds. The maximum Gasteiger partial charge on any atom is 0.433 e. The number of aryl methyl sites for hydroxylation is 1. The molecule has 2 heterocycles. The molecule has 150 valence electrons. The smallest absolute Gasteiger partial charge is 0.336 e. The van der Waals surface area contributed by atoms with Gasteiger partial charge in [-0.3, -0.25) is 9.69 Å². The number of carbonyl (C=O) groups is 1. The summed E-state index contributed by atoms with van der Waals surface area (Å²) in [6.07, 6.45) is -4.55. The molecule has 2 aromatic rings. The van der Waals surface area contributed by atoms with Crippen molar-refractivity contribution in [1.29, 1.82) is 0 Å². The molecule has 1 aliphatic heterocycles. The third-order valence-electron chi connectivity index (χ3n) is 4.71. The fourth-order valence-electron chi connectivity index (χ4n) is 3.13. The molecule has 0 atom stereocenters. The molecule has 0 N–H and O–H groups in total. The minimum atomic E-state index is -4.55. The zero-order valence-corrected chi connectivity index (χ0v) is 15.8. The Hall–Kier alpha value is -2.19. The molecule has 28 heavy (non-hydrogen) atoms. The minimum Gasteiger partial charge on any atom is -0.336 e. The second-order valence-corrected chi connectivity index (χ2v) is 7.00. The molecular formula is C19H18ClF4N3O. The van der Waals surface area contributed by atoms with E-state index in [0.717, 1.165) is 6.07 Å². The molecular weight excluding hydrogens is 398 g/mol. The van der Waals surface area contributed by atoms with Gasteiger partial charge in [0, 0.05) is 43.3 Å². The van der Waals surface area contributed by atoms with E-state index in [1.165, 1.54) is 25.1 Å². The lowest BCUT2D eigenvalue weighted by molar-refractivity contribution is -0.141. The minimum absolute atomic E-state index is 0.0420. The van der Waals surface area contributed by atoms with Gasteiger partial charge in [-0.25, -0.2) is 9.37 Å². The maximum atomic E-state index is 13.9. The van der Waals surface area contributed by atoms with Gasteiger partial charge < -0.3 is 4.90 Å². The Kier molecular flexibility index (Phi) is 5.90. The molecule has 3 rings (SSSR count). The van der Waals surface area contributed by atoms with Crippen LogP contribution < -0.4 is 0 Å². The summed E-state index contributed by atoms with van der Waals surface area (Å²) < 4.78 is 52.1. The number of rotatable bonds is 3. The second kappa shape index (κ2) is 8.05. The molecule has 1 aliphatic rings. The van der Waals surface area contributed by atoms with Crippen molar-refractivity contribution in [2.75, 3.05) is 26.2 Å². The standard InChI is InChI=1S/C19H18ClF4N3O/c1-12-13(5-6-17(25-12)19(22,23)24)18(28)27-9-7-26(8-10-27)11-14-15(20)3-2-4-16(14)21/h2-6H,7-11H2,1H3. The number of hydrogen-bond acceptors (Lipinski definition) is 3. The molecule has 0 unspecified atom stereocenters. The Morgan fingerprint density at radius 2 is 1.82 bits per heavy atom. The van der Waals surface area contributed by atoms with E-state index < -0.39 is 11.9 Å². The molecule has 0 spiro atoms. The summed E-state index contributed by atoms with van der Waals surface area (Å²) in [6.45, 7) is 3.48. The number of hydrogen-bond donors (Lipinski definition) is 0. The lowest BCUT2D eigenvalue weighted by Crippen LogP contribution is -2.48. The van der Waals surface area contributed by atoms with Crippen LogP contribution in [-0.2, 0) is 12.7 Å². The summed E-state index contributed by atoms with van der Waals surface area (Å²) >= 11 is 6.05. The van der Waals surface area contributed by atoms with Gasteiger partial charge in [-0.1, -0.05) is 17.7 Å². The SMILES string of the molecule is Cc1nc(C(F)(F)F)ccc1C(=O)N1CCN(Cc2c(F)cccc2Cl)CC1. The van der Waals surface area contributed by atoms with E-state index in [4.69, 9.17) is 11.6 Å². The fourth-order valence-corrected chi connectivity index (χ4v) is 3.35. The van der Waals surface area contributed by atoms with Crippen LogP contribution in [0.5, 0.6) is 0 Å². The number of nitrogens with zero attached hydrogens (tertiary/aromatic N) is 3. The molecule has 9 heteroatoms. The first-order chi connectivity index (χ1) is 13.2. The van der Waals surface area contributed by atoms with Crippen molar-refractivity contribution in [1.82, 2.24) is 14.8 Å². The Bertz CT molecular complexity index is 860. The molecule has 0 radical (unpaired) electrons. The van der Waals surface area contributed by atoms with Crippen molar-refractivity contribution in [3.8, 4) is 0 Å². The van der Waals surface area contributed by atoms with Gasteiger partial charge >= 0.3 is 6.18 Å². The van der Waals surface area contributed by atoms with Crippen LogP contribution in [0.15, 0.2) is 30.3 Å². The number of halogens is 5. The van der Waals surface area contributed by atoms with Crippen LogP contribution in [0.25, 0.3) is 0 Å². The van der Waals surface area contributed by atoms with Crippen molar-refractivity contribution >= 4 is 17.5 Å². The first kappa shape index (κ1) is 20.5. The van der Waals surface area contributed by atoms with Gasteiger partial charge in [-0.2, -0.15) is 13.2 Å². The van der Waals surface area contributed by atoms with Gasteiger partial charge in [-0.05, 0) is 31.2 Å². The van der Waals surface area contributed by atoms with Gasteiger partial charge in [0.05, 0.1) is 11.3 Å². The number of aromatic nitrogens is 1.